The second-order valence-corrected chi connectivity index (χ2v) is 6.58. The maximum absolute atomic E-state index is 12.1. The third-order valence-electron chi connectivity index (χ3n) is 3.20. The Morgan fingerprint density at radius 2 is 2.29 bits per heavy atom. The van der Waals surface area contributed by atoms with Gasteiger partial charge in [0.2, 0.25) is 0 Å². The number of hydrogen-bond donors (Lipinski definition) is 0. The first-order valence-corrected chi connectivity index (χ1v) is 7.70. The van der Waals surface area contributed by atoms with E-state index in [2.05, 4.69) is 17.5 Å². The van der Waals surface area contributed by atoms with Crippen LogP contribution in [0.25, 0.3) is 0 Å². The van der Waals surface area contributed by atoms with E-state index in [1.54, 1.807) is 22.7 Å². The van der Waals surface area contributed by atoms with E-state index in [0.717, 1.165) is 11.3 Å². The number of ketones is 1. The monoisotopic (exact) mass is 262 g/mol. The lowest BCUT2D eigenvalue weighted by Crippen LogP contribution is -1.97. The van der Waals surface area contributed by atoms with Gasteiger partial charge >= 0.3 is 0 Å². The van der Waals surface area contributed by atoms with E-state index >= 15 is 0 Å². The van der Waals surface area contributed by atoms with Gasteiger partial charge in [-0.15, -0.1) is 22.7 Å². The molecule has 0 amide bonds. The number of rotatable bonds is 4. The summed E-state index contributed by atoms with van der Waals surface area (Å²) in [6.07, 6.45) is 5.16. The van der Waals surface area contributed by atoms with Gasteiger partial charge in [-0.05, 0) is 48.8 Å². The van der Waals surface area contributed by atoms with Gasteiger partial charge in [0.15, 0.2) is 5.78 Å². The van der Waals surface area contributed by atoms with Crippen LogP contribution in [0.15, 0.2) is 23.6 Å². The third kappa shape index (κ3) is 2.35. The van der Waals surface area contributed by atoms with Crippen LogP contribution >= 0.6 is 22.7 Å². The molecule has 1 aliphatic rings. The number of carbonyl (C=O) groups is 1. The molecule has 0 bridgehead atoms. The van der Waals surface area contributed by atoms with Gasteiger partial charge in [-0.25, -0.2) is 0 Å². The molecule has 0 fully saturated rings. The first-order chi connectivity index (χ1) is 8.33. The van der Waals surface area contributed by atoms with E-state index < -0.39 is 0 Å². The normalized spacial score (nSPS) is 13.9. The molecule has 0 N–H and O–H groups in total. The molecular formula is C14H14OS2. The van der Waals surface area contributed by atoms with Crippen LogP contribution in [0.5, 0.6) is 0 Å². The maximum Gasteiger partial charge on any atom is 0.173 e. The van der Waals surface area contributed by atoms with E-state index in [4.69, 9.17) is 0 Å². The summed E-state index contributed by atoms with van der Waals surface area (Å²) in [6, 6.07) is 6.28. The summed E-state index contributed by atoms with van der Waals surface area (Å²) in [7, 11) is 0. The van der Waals surface area contributed by atoms with Crippen molar-refractivity contribution in [3.05, 3.63) is 43.8 Å². The number of thiophene rings is 2. The molecular weight excluding hydrogens is 248 g/mol. The molecule has 17 heavy (non-hydrogen) atoms. The third-order valence-corrected chi connectivity index (χ3v) is 5.41. The summed E-state index contributed by atoms with van der Waals surface area (Å²) in [5.74, 6) is 0.317. The van der Waals surface area contributed by atoms with Crippen LogP contribution < -0.4 is 0 Å². The predicted octanol–water partition coefficient (Wildman–Crippen LogP) is 4.11. The molecule has 1 aliphatic carbocycles. The number of Topliss-reactive ketones (excluding diaryl/α,β-unsaturated/α-hetero) is 1. The van der Waals surface area contributed by atoms with Crippen molar-refractivity contribution in [2.45, 2.75) is 32.1 Å². The lowest BCUT2D eigenvalue weighted by molar-refractivity contribution is 0.0987. The molecule has 0 saturated carbocycles. The van der Waals surface area contributed by atoms with Gasteiger partial charge in [-0.1, -0.05) is 6.07 Å². The summed E-state index contributed by atoms with van der Waals surface area (Å²) < 4.78 is 0. The zero-order valence-corrected chi connectivity index (χ0v) is 11.2. The van der Waals surface area contributed by atoms with Crippen molar-refractivity contribution in [3.63, 3.8) is 0 Å². The van der Waals surface area contributed by atoms with Crippen LogP contribution in [-0.4, -0.2) is 5.78 Å². The minimum Gasteiger partial charge on any atom is -0.293 e. The largest absolute Gasteiger partial charge is 0.293 e. The van der Waals surface area contributed by atoms with Crippen molar-refractivity contribution in [1.29, 1.82) is 0 Å². The molecule has 0 radical (unpaired) electrons. The van der Waals surface area contributed by atoms with Gasteiger partial charge in [0.1, 0.15) is 0 Å². The average molecular weight is 262 g/mol. The fourth-order valence-corrected chi connectivity index (χ4v) is 4.21. The van der Waals surface area contributed by atoms with Crippen molar-refractivity contribution in [2.75, 3.05) is 0 Å². The van der Waals surface area contributed by atoms with Gasteiger partial charge in [0.25, 0.3) is 0 Å². The van der Waals surface area contributed by atoms with Gasteiger partial charge in [0.05, 0.1) is 4.88 Å². The highest BCUT2D eigenvalue weighted by Gasteiger charge is 2.18. The second-order valence-electron chi connectivity index (χ2n) is 4.42. The molecule has 0 aliphatic heterocycles. The second kappa shape index (κ2) is 4.75. The Morgan fingerprint density at radius 1 is 1.35 bits per heavy atom. The molecule has 0 spiro atoms. The molecule has 0 aromatic carbocycles. The number of carbonyl (C=O) groups excluding carboxylic acids is 1. The van der Waals surface area contributed by atoms with Gasteiger partial charge in [-0.2, -0.15) is 0 Å². The molecule has 88 valence electrons. The standard InChI is InChI=1S/C14H14OS2/c15-12(7-6-11-4-2-8-16-11)14-9-10-3-1-5-13(10)17-14/h2,4,8-9H,1,3,5-7H2. The maximum atomic E-state index is 12.1. The minimum absolute atomic E-state index is 0.317. The molecule has 0 saturated heterocycles. The Balaban J connectivity index is 1.65. The van der Waals surface area contributed by atoms with Crippen molar-refractivity contribution in [1.82, 2.24) is 0 Å². The highest BCUT2D eigenvalue weighted by atomic mass is 32.1. The molecule has 3 heteroatoms. The van der Waals surface area contributed by atoms with E-state index in [9.17, 15) is 4.79 Å². The lowest BCUT2D eigenvalue weighted by atomic mass is 10.1. The Kier molecular flexibility index (Phi) is 3.12. The Morgan fingerprint density at radius 3 is 3.06 bits per heavy atom. The van der Waals surface area contributed by atoms with Crippen molar-refractivity contribution < 1.29 is 4.79 Å². The topological polar surface area (TPSA) is 17.1 Å². The molecule has 2 aromatic heterocycles. The van der Waals surface area contributed by atoms with E-state index in [1.807, 2.05) is 6.07 Å². The molecule has 0 atom stereocenters. The minimum atomic E-state index is 0.317. The zero-order chi connectivity index (χ0) is 11.7. The number of fused-ring (bicyclic) bond motifs is 1. The van der Waals surface area contributed by atoms with Crippen molar-refractivity contribution in [2.24, 2.45) is 0 Å². The van der Waals surface area contributed by atoms with Crippen LogP contribution in [0.4, 0.5) is 0 Å². The molecule has 0 unspecified atom stereocenters. The predicted molar refractivity (Wildman–Crippen MR) is 73.3 cm³/mol. The number of hydrogen-bond acceptors (Lipinski definition) is 3. The molecule has 1 nitrogen and oxygen atoms in total. The van der Waals surface area contributed by atoms with Gasteiger partial charge < -0.3 is 0 Å². The first kappa shape index (κ1) is 11.2. The summed E-state index contributed by atoms with van der Waals surface area (Å²) in [5.41, 5.74) is 1.43. The highest BCUT2D eigenvalue weighted by Crippen LogP contribution is 2.31. The average Bonchev–Trinajstić information content (AvgIpc) is 3.01. The molecule has 3 rings (SSSR count). The van der Waals surface area contributed by atoms with Crippen LogP contribution in [0.2, 0.25) is 0 Å². The summed E-state index contributed by atoms with van der Waals surface area (Å²) >= 11 is 3.46. The van der Waals surface area contributed by atoms with Crippen LogP contribution in [0, 0.1) is 0 Å². The quantitative estimate of drug-likeness (QED) is 0.758. The Hall–Kier alpha value is -0.930. The number of aryl methyl sites for hydroxylation is 3. The molecule has 2 heterocycles. The SMILES string of the molecule is O=C(CCc1cccs1)c1cc2c(s1)CCC2. The van der Waals surface area contributed by atoms with Gasteiger partial charge in [-0.3, -0.25) is 4.79 Å². The highest BCUT2D eigenvalue weighted by molar-refractivity contribution is 7.14. The first-order valence-electron chi connectivity index (χ1n) is 6.00. The van der Waals surface area contributed by atoms with Gasteiger partial charge in [0, 0.05) is 16.2 Å². The fourth-order valence-electron chi connectivity index (χ4n) is 2.28. The molecule has 2 aromatic rings. The van der Waals surface area contributed by atoms with Crippen molar-refractivity contribution in [3.8, 4) is 0 Å². The zero-order valence-electron chi connectivity index (χ0n) is 9.57. The summed E-state index contributed by atoms with van der Waals surface area (Å²) in [4.78, 5) is 15.8. The van der Waals surface area contributed by atoms with E-state index in [0.29, 0.717) is 12.2 Å². The Labute approximate surface area is 109 Å². The summed E-state index contributed by atoms with van der Waals surface area (Å²) in [5, 5.41) is 2.07. The van der Waals surface area contributed by atoms with Crippen LogP contribution in [-0.2, 0) is 19.3 Å². The van der Waals surface area contributed by atoms with E-state index in [1.165, 1.54) is 34.6 Å². The Bertz CT molecular complexity index is 501. The fraction of sp³-hybridized carbons (Fsp3) is 0.357. The summed E-state index contributed by atoms with van der Waals surface area (Å²) in [6.45, 7) is 0. The van der Waals surface area contributed by atoms with Crippen LogP contribution in [0.3, 0.4) is 0 Å². The van der Waals surface area contributed by atoms with E-state index in [-0.39, 0.29) is 0 Å². The van der Waals surface area contributed by atoms with Crippen LogP contribution in [0.1, 0.15) is 37.8 Å². The smallest absolute Gasteiger partial charge is 0.173 e. The van der Waals surface area contributed by atoms with Crippen molar-refractivity contribution >= 4 is 28.5 Å². The lowest BCUT2D eigenvalue weighted by Gasteiger charge is -1.96.